The zero-order valence-corrected chi connectivity index (χ0v) is 9.20. The molecule has 82 valence electrons. The molecule has 1 heterocycles. The van der Waals surface area contributed by atoms with Crippen molar-refractivity contribution in [3.8, 4) is 0 Å². The lowest BCUT2D eigenvalue weighted by molar-refractivity contribution is -0.131. The van der Waals surface area contributed by atoms with Gasteiger partial charge in [-0.2, -0.15) is 0 Å². The zero-order chi connectivity index (χ0) is 10.6. The molecule has 1 fully saturated rings. The Morgan fingerprint density at radius 1 is 1.64 bits per heavy atom. The fraction of sp³-hybridized carbons (Fsp3) is 0.900. The summed E-state index contributed by atoms with van der Waals surface area (Å²) in [5.74, 6) is 0.202. The summed E-state index contributed by atoms with van der Waals surface area (Å²) in [5.41, 5.74) is 5.64. The highest BCUT2D eigenvalue weighted by Gasteiger charge is 2.25. The van der Waals surface area contributed by atoms with E-state index in [4.69, 9.17) is 5.73 Å². The first-order valence-corrected chi connectivity index (χ1v) is 5.37. The van der Waals surface area contributed by atoms with Crippen molar-refractivity contribution in [3.63, 3.8) is 0 Å². The summed E-state index contributed by atoms with van der Waals surface area (Å²) in [4.78, 5) is 15.6. The topological polar surface area (TPSA) is 49.6 Å². The normalized spacial score (nSPS) is 22.6. The summed E-state index contributed by atoms with van der Waals surface area (Å²) in [5, 5.41) is 0. The average Bonchev–Trinajstić information content (AvgIpc) is 2.63. The molecule has 1 atom stereocenters. The van der Waals surface area contributed by atoms with E-state index >= 15 is 0 Å². The molecule has 0 radical (unpaired) electrons. The molecule has 1 aliphatic heterocycles. The van der Waals surface area contributed by atoms with E-state index in [9.17, 15) is 4.79 Å². The Kier molecular flexibility index (Phi) is 4.35. The first-order valence-electron chi connectivity index (χ1n) is 5.37. The van der Waals surface area contributed by atoms with Crippen LogP contribution in [0.15, 0.2) is 0 Å². The van der Waals surface area contributed by atoms with E-state index in [0.29, 0.717) is 19.1 Å². The van der Waals surface area contributed by atoms with E-state index in [1.54, 1.807) is 4.90 Å². The minimum absolute atomic E-state index is 0.202. The first kappa shape index (κ1) is 11.5. The molecule has 4 heteroatoms. The third-order valence-corrected chi connectivity index (χ3v) is 3.01. The Labute approximate surface area is 86.0 Å². The van der Waals surface area contributed by atoms with Crippen molar-refractivity contribution >= 4 is 5.91 Å². The third-order valence-electron chi connectivity index (χ3n) is 3.01. The smallest absolute Gasteiger partial charge is 0.236 e. The second-order valence-corrected chi connectivity index (χ2v) is 3.91. The van der Waals surface area contributed by atoms with Gasteiger partial charge in [-0.1, -0.05) is 0 Å². The lowest BCUT2D eigenvalue weighted by atomic mass is 10.2. The van der Waals surface area contributed by atoms with Crippen LogP contribution in [0.3, 0.4) is 0 Å². The maximum absolute atomic E-state index is 11.6. The lowest BCUT2D eigenvalue weighted by Crippen LogP contribution is -2.43. The van der Waals surface area contributed by atoms with Crippen LogP contribution in [0.2, 0.25) is 0 Å². The number of nitrogens with zero attached hydrogens (tertiary/aromatic N) is 2. The van der Waals surface area contributed by atoms with Crippen molar-refractivity contribution in [3.05, 3.63) is 0 Å². The first-order chi connectivity index (χ1) is 6.69. The SMILES string of the molecule is CCN(C)C(=O)CN1CCCC1CN. The van der Waals surface area contributed by atoms with Gasteiger partial charge in [0.25, 0.3) is 0 Å². The number of hydrogen-bond donors (Lipinski definition) is 1. The highest BCUT2D eigenvalue weighted by atomic mass is 16.2. The molecule has 0 spiro atoms. The standard InChI is InChI=1S/C10H21N3O/c1-3-12(2)10(14)8-13-6-4-5-9(13)7-11/h9H,3-8,11H2,1-2H3. The fourth-order valence-corrected chi connectivity index (χ4v) is 1.84. The molecule has 0 saturated carbocycles. The highest BCUT2D eigenvalue weighted by Crippen LogP contribution is 2.15. The van der Waals surface area contributed by atoms with Crippen LogP contribution >= 0.6 is 0 Å². The van der Waals surface area contributed by atoms with Gasteiger partial charge in [0.2, 0.25) is 5.91 Å². The molecule has 1 aliphatic rings. The fourth-order valence-electron chi connectivity index (χ4n) is 1.84. The molecule has 1 saturated heterocycles. The van der Waals surface area contributed by atoms with Crippen molar-refractivity contribution in [1.82, 2.24) is 9.80 Å². The summed E-state index contributed by atoms with van der Waals surface area (Å²) >= 11 is 0. The van der Waals surface area contributed by atoms with E-state index in [1.165, 1.54) is 6.42 Å². The minimum atomic E-state index is 0.202. The zero-order valence-electron chi connectivity index (χ0n) is 9.20. The number of likely N-dealkylation sites (tertiary alicyclic amines) is 1. The minimum Gasteiger partial charge on any atom is -0.345 e. The van der Waals surface area contributed by atoms with Crippen LogP contribution in [0.4, 0.5) is 0 Å². The van der Waals surface area contributed by atoms with Crippen LogP contribution in [-0.2, 0) is 4.79 Å². The van der Waals surface area contributed by atoms with E-state index in [-0.39, 0.29) is 5.91 Å². The number of hydrogen-bond acceptors (Lipinski definition) is 3. The van der Waals surface area contributed by atoms with E-state index < -0.39 is 0 Å². The van der Waals surface area contributed by atoms with Crippen LogP contribution in [-0.4, -0.2) is 55.0 Å². The molecular formula is C10H21N3O. The van der Waals surface area contributed by atoms with Gasteiger partial charge < -0.3 is 10.6 Å². The average molecular weight is 199 g/mol. The molecule has 4 nitrogen and oxygen atoms in total. The van der Waals surface area contributed by atoms with Gasteiger partial charge in [0.05, 0.1) is 6.54 Å². The van der Waals surface area contributed by atoms with Gasteiger partial charge in [0, 0.05) is 26.2 Å². The van der Waals surface area contributed by atoms with Crippen LogP contribution in [0.1, 0.15) is 19.8 Å². The molecule has 2 N–H and O–H groups in total. The molecule has 14 heavy (non-hydrogen) atoms. The molecule has 0 bridgehead atoms. The van der Waals surface area contributed by atoms with Gasteiger partial charge in [0.1, 0.15) is 0 Å². The van der Waals surface area contributed by atoms with Crippen molar-refractivity contribution in [2.75, 3.05) is 33.2 Å². The second kappa shape index (κ2) is 5.32. The monoisotopic (exact) mass is 199 g/mol. The predicted octanol–water partition coefficient (Wildman–Crippen LogP) is -0.112. The number of carbonyl (C=O) groups is 1. The quantitative estimate of drug-likeness (QED) is 0.687. The van der Waals surface area contributed by atoms with Gasteiger partial charge in [-0.3, -0.25) is 9.69 Å². The Balaban J connectivity index is 2.39. The number of rotatable bonds is 4. The molecule has 0 aromatic carbocycles. The summed E-state index contributed by atoms with van der Waals surface area (Å²) in [7, 11) is 1.84. The molecule has 0 aromatic heterocycles. The van der Waals surface area contributed by atoms with Gasteiger partial charge in [-0.15, -0.1) is 0 Å². The Bertz CT molecular complexity index is 196. The van der Waals surface area contributed by atoms with Crippen molar-refractivity contribution in [1.29, 1.82) is 0 Å². The second-order valence-electron chi connectivity index (χ2n) is 3.91. The van der Waals surface area contributed by atoms with E-state index in [1.807, 2.05) is 14.0 Å². The van der Waals surface area contributed by atoms with E-state index in [0.717, 1.165) is 19.5 Å². The summed E-state index contributed by atoms with van der Waals surface area (Å²) in [6.07, 6.45) is 2.31. The number of likely N-dealkylation sites (N-methyl/N-ethyl adjacent to an activating group) is 1. The van der Waals surface area contributed by atoms with Crippen LogP contribution < -0.4 is 5.73 Å². The summed E-state index contributed by atoms with van der Waals surface area (Å²) < 4.78 is 0. The van der Waals surface area contributed by atoms with E-state index in [2.05, 4.69) is 4.90 Å². The number of nitrogens with two attached hydrogens (primary N) is 1. The van der Waals surface area contributed by atoms with Crippen molar-refractivity contribution in [2.45, 2.75) is 25.8 Å². The van der Waals surface area contributed by atoms with Crippen LogP contribution in [0.5, 0.6) is 0 Å². The molecule has 1 unspecified atom stereocenters. The third kappa shape index (κ3) is 2.69. The van der Waals surface area contributed by atoms with Crippen LogP contribution in [0, 0.1) is 0 Å². The largest absolute Gasteiger partial charge is 0.345 e. The van der Waals surface area contributed by atoms with Gasteiger partial charge in [0.15, 0.2) is 0 Å². The molecule has 0 aromatic rings. The van der Waals surface area contributed by atoms with Crippen molar-refractivity contribution < 1.29 is 4.79 Å². The summed E-state index contributed by atoms with van der Waals surface area (Å²) in [6.45, 7) is 4.99. The molecule has 1 amide bonds. The maximum atomic E-state index is 11.6. The van der Waals surface area contributed by atoms with Crippen LogP contribution in [0.25, 0.3) is 0 Å². The highest BCUT2D eigenvalue weighted by molar-refractivity contribution is 5.78. The Morgan fingerprint density at radius 3 is 2.93 bits per heavy atom. The number of amides is 1. The molecule has 0 aliphatic carbocycles. The van der Waals surface area contributed by atoms with Gasteiger partial charge in [-0.05, 0) is 26.3 Å². The van der Waals surface area contributed by atoms with Gasteiger partial charge >= 0.3 is 0 Å². The van der Waals surface area contributed by atoms with Gasteiger partial charge in [-0.25, -0.2) is 0 Å². The Hall–Kier alpha value is -0.610. The molecular weight excluding hydrogens is 178 g/mol. The summed E-state index contributed by atoms with van der Waals surface area (Å²) in [6, 6.07) is 0.421. The lowest BCUT2D eigenvalue weighted by Gasteiger charge is -2.24. The van der Waals surface area contributed by atoms with Crippen molar-refractivity contribution in [2.24, 2.45) is 5.73 Å². The molecule has 1 rings (SSSR count). The predicted molar refractivity (Wildman–Crippen MR) is 57.0 cm³/mol. The Morgan fingerprint density at radius 2 is 2.36 bits per heavy atom. The maximum Gasteiger partial charge on any atom is 0.236 e. The number of carbonyl (C=O) groups excluding carboxylic acids is 1.